The number of anilines is 1. The minimum Gasteiger partial charge on any atom is -0.443 e. The van der Waals surface area contributed by atoms with Crippen LogP contribution in [0.15, 0.2) is 64.6 Å². The van der Waals surface area contributed by atoms with Crippen molar-refractivity contribution in [3.63, 3.8) is 0 Å². The molecule has 1 saturated carbocycles. The Kier molecular flexibility index (Phi) is 4.80. The molecule has 0 aliphatic heterocycles. The van der Waals surface area contributed by atoms with Gasteiger partial charge in [-0.25, -0.2) is 4.98 Å². The van der Waals surface area contributed by atoms with E-state index in [-0.39, 0.29) is 24.3 Å². The number of carbonyl (C=O) groups is 2. The molecule has 0 spiro atoms. The fourth-order valence-corrected chi connectivity index (χ4v) is 3.93. The van der Waals surface area contributed by atoms with Gasteiger partial charge < -0.3 is 15.1 Å². The third-order valence-corrected chi connectivity index (χ3v) is 5.91. The van der Waals surface area contributed by atoms with E-state index in [4.69, 9.17) is 4.42 Å². The van der Waals surface area contributed by atoms with Gasteiger partial charge >= 0.3 is 0 Å². The van der Waals surface area contributed by atoms with E-state index in [0.29, 0.717) is 22.8 Å². The molecule has 30 heavy (non-hydrogen) atoms. The molecule has 2 amide bonds. The summed E-state index contributed by atoms with van der Waals surface area (Å²) < 4.78 is 5.51. The van der Waals surface area contributed by atoms with Crippen LogP contribution in [0.2, 0.25) is 0 Å². The number of rotatable bonds is 6. The number of carbonyl (C=O) groups excluding carboxylic acids is 2. The normalized spacial score (nSPS) is 13.3. The topological polar surface area (TPSA) is 84.2 Å². The maximum Gasteiger partial charge on any atom is 0.253 e. The monoisotopic (exact) mass is 417 g/mol. The quantitative estimate of drug-likeness (QED) is 0.470. The number of nitrogens with one attached hydrogen (secondary N) is 2. The van der Waals surface area contributed by atoms with Gasteiger partial charge in [-0.3, -0.25) is 9.59 Å². The minimum atomic E-state index is -0.271. The summed E-state index contributed by atoms with van der Waals surface area (Å²) in [7, 11) is 0. The Hall–Kier alpha value is -3.45. The van der Waals surface area contributed by atoms with Crippen LogP contribution in [-0.2, 0) is 11.3 Å². The van der Waals surface area contributed by atoms with Crippen molar-refractivity contribution in [2.75, 3.05) is 5.32 Å². The van der Waals surface area contributed by atoms with E-state index in [1.807, 2.05) is 53.9 Å². The molecular formula is C23H19N3O3S. The second-order valence-electron chi connectivity index (χ2n) is 7.31. The molecule has 2 N–H and O–H groups in total. The summed E-state index contributed by atoms with van der Waals surface area (Å²) in [5.41, 5.74) is 1.60. The fraction of sp³-hybridized carbons (Fsp3) is 0.174. The third kappa shape index (κ3) is 3.84. The van der Waals surface area contributed by atoms with Gasteiger partial charge in [-0.2, -0.15) is 0 Å². The first-order valence-electron chi connectivity index (χ1n) is 9.77. The van der Waals surface area contributed by atoms with Gasteiger partial charge in [0.25, 0.3) is 5.91 Å². The van der Waals surface area contributed by atoms with Crippen molar-refractivity contribution < 1.29 is 14.0 Å². The van der Waals surface area contributed by atoms with E-state index in [1.54, 1.807) is 17.6 Å². The van der Waals surface area contributed by atoms with Crippen LogP contribution < -0.4 is 10.6 Å². The molecule has 4 aromatic rings. The van der Waals surface area contributed by atoms with Gasteiger partial charge in [0.15, 0.2) is 0 Å². The van der Waals surface area contributed by atoms with Gasteiger partial charge in [-0.05, 0) is 47.2 Å². The van der Waals surface area contributed by atoms with Crippen LogP contribution in [0.25, 0.3) is 21.5 Å². The van der Waals surface area contributed by atoms with Gasteiger partial charge in [0.05, 0.1) is 28.4 Å². The molecule has 1 aliphatic carbocycles. The number of amides is 2. The molecule has 0 radical (unpaired) electrons. The minimum absolute atomic E-state index is 0.0311. The largest absolute Gasteiger partial charge is 0.443 e. The summed E-state index contributed by atoms with van der Waals surface area (Å²) in [6.45, 7) is 0.233. The first-order valence-corrected chi connectivity index (χ1v) is 10.7. The molecule has 1 aliphatic rings. The van der Waals surface area contributed by atoms with Crippen molar-refractivity contribution in [3.8, 4) is 10.8 Å². The Labute approximate surface area is 176 Å². The predicted molar refractivity (Wildman–Crippen MR) is 116 cm³/mol. The van der Waals surface area contributed by atoms with Crippen molar-refractivity contribution >= 4 is 39.6 Å². The molecular weight excluding hydrogens is 398 g/mol. The maximum absolute atomic E-state index is 13.0. The summed E-state index contributed by atoms with van der Waals surface area (Å²) in [4.78, 5) is 30.6. The number of fused-ring (bicyclic) bond motifs is 1. The van der Waals surface area contributed by atoms with Gasteiger partial charge in [-0.15, -0.1) is 11.3 Å². The second kappa shape index (κ2) is 7.76. The Morgan fingerprint density at radius 2 is 1.90 bits per heavy atom. The number of nitrogens with zero attached hydrogens (tertiary/aromatic N) is 1. The molecule has 2 aromatic heterocycles. The maximum atomic E-state index is 13.0. The standard InChI is InChI=1S/C23H19N3O3S/c27-21(14-7-8-14)26-19-11-16-5-2-1-4-15(16)10-18(19)22(28)24-12-17-13-29-23(25-17)20-6-3-9-30-20/h1-6,9-11,13-14H,7-8,12H2,(H,24,28)(H,26,27). The van der Waals surface area contributed by atoms with E-state index in [1.165, 1.54) is 0 Å². The SMILES string of the molecule is O=C(NCc1coc(-c2cccs2)n1)c1cc2ccccc2cc1NC(=O)C1CC1. The third-order valence-electron chi connectivity index (χ3n) is 5.05. The lowest BCUT2D eigenvalue weighted by Crippen LogP contribution is -2.25. The zero-order valence-electron chi connectivity index (χ0n) is 16.1. The van der Waals surface area contributed by atoms with Crippen LogP contribution in [-0.4, -0.2) is 16.8 Å². The molecule has 0 saturated heterocycles. The fourth-order valence-electron chi connectivity index (χ4n) is 3.28. The summed E-state index contributed by atoms with van der Waals surface area (Å²) in [5.74, 6) is 0.291. The summed E-state index contributed by atoms with van der Waals surface area (Å²) >= 11 is 1.54. The van der Waals surface area contributed by atoms with E-state index in [9.17, 15) is 9.59 Å². The van der Waals surface area contributed by atoms with Gasteiger partial charge in [0.1, 0.15) is 6.26 Å². The second-order valence-corrected chi connectivity index (χ2v) is 8.26. The van der Waals surface area contributed by atoms with Crippen LogP contribution in [0.1, 0.15) is 28.9 Å². The van der Waals surface area contributed by atoms with Crippen LogP contribution in [0.5, 0.6) is 0 Å². The van der Waals surface area contributed by atoms with E-state index >= 15 is 0 Å². The molecule has 6 nitrogen and oxygen atoms in total. The molecule has 2 heterocycles. The number of oxazole rings is 1. The number of thiophene rings is 1. The highest BCUT2D eigenvalue weighted by Crippen LogP contribution is 2.32. The first kappa shape index (κ1) is 18.6. The van der Waals surface area contributed by atoms with Crippen LogP contribution in [0.4, 0.5) is 5.69 Å². The van der Waals surface area contributed by atoms with Crippen LogP contribution in [0.3, 0.4) is 0 Å². The Bertz CT molecular complexity index is 1230. The van der Waals surface area contributed by atoms with Gasteiger partial charge in [-0.1, -0.05) is 30.3 Å². The van der Waals surface area contributed by atoms with Crippen molar-refractivity contribution in [1.82, 2.24) is 10.3 Å². The van der Waals surface area contributed by atoms with E-state index in [0.717, 1.165) is 28.5 Å². The lowest BCUT2D eigenvalue weighted by molar-refractivity contribution is -0.117. The van der Waals surface area contributed by atoms with Gasteiger partial charge in [0, 0.05) is 5.92 Å². The molecule has 1 fully saturated rings. The zero-order valence-corrected chi connectivity index (χ0v) is 16.9. The van der Waals surface area contributed by atoms with Gasteiger partial charge in [0.2, 0.25) is 11.8 Å². The molecule has 0 atom stereocenters. The molecule has 150 valence electrons. The molecule has 2 aromatic carbocycles. The molecule has 5 rings (SSSR count). The average molecular weight is 417 g/mol. The predicted octanol–water partition coefficient (Wildman–Crippen LogP) is 4.83. The van der Waals surface area contributed by atoms with Crippen LogP contribution >= 0.6 is 11.3 Å². The van der Waals surface area contributed by atoms with Crippen molar-refractivity contribution in [2.24, 2.45) is 5.92 Å². The first-order chi connectivity index (χ1) is 14.7. The highest BCUT2D eigenvalue weighted by Gasteiger charge is 2.30. The zero-order chi connectivity index (χ0) is 20.5. The average Bonchev–Trinajstić information content (AvgIpc) is 3.27. The van der Waals surface area contributed by atoms with E-state index < -0.39 is 0 Å². The highest BCUT2D eigenvalue weighted by atomic mass is 32.1. The molecule has 7 heteroatoms. The summed E-state index contributed by atoms with van der Waals surface area (Å²) in [6, 6.07) is 15.3. The highest BCUT2D eigenvalue weighted by molar-refractivity contribution is 7.13. The Balaban J connectivity index is 1.37. The smallest absolute Gasteiger partial charge is 0.253 e. The lowest BCUT2D eigenvalue weighted by Gasteiger charge is -2.13. The Morgan fingerprint density at radius 1 is 1.10 bits per heavy atom. The van der Waals surface area contributed by atoms with Crippen molar-refractivity contribution in [2.45, 2.75) is 19.4 Å². The number of hydrogen-bond donors (Lipinski definition) is 2. The number of hydrogen-bond acceptors (Lipinski definition) is 5. The Morgan fingerprint density at radius 3 is 2.63 bits per heavy atom. The number of aromatic nitrogens is 1. The molecule has 0 unspecified atom stereocenters. The van der Waals surface area contributed by atoms with Crippen molar-refractivity contribution in [1.29, 1.82) is 0 Å². The van der Waals surface area contributed by atoms with Crippen molar-refractivity contribution in [3.05, 3.63) is 71.4 Å². The number of benzene rings is 2. The molecule has 0 bridgehead atoms. The van der Waals surface area contributed by atoms with Crippen LogP contribution in [0, 0.1) is 5.92 Å². The van der Waals surface area contributed by atoms with E-state index in [2.05, 4.69) is 15.6 Å². The summed E-state index contributed by atoms with van der Waals surface area (Å²) in [6.07, 6.45) is 3.35. The summed E-state index contributed by atoms with van der Waals surface area (Å²) in [5, 5.41) is 9.69. The lowest BCUT2D eigenvalue weighted by atomic mass is 10.0.